The van der Waals surface area contributed by atoms with Crippen LogP contribution in [0.5, 0.6) is 5.88 Å². The van der Waals surface area contributed by atoms with E-state index in [1.807, 2.05) is 6.07 Å². The predicted molar refractivity (Wildman–Crippen MR) is 73.8 cm³/mol. The summed E-state index contributed by atoms with van der Waals surface area (Å²) in [5.41, 5.74) is 6.36. The van der Waals surface area contributed by atoms with Crippen LogP contribution in [0.3, 0.4) is 0 Å². The molecule has 0 saturated heterocycles. The first-order valence-corrected chi connectivity index (χ1v) is 6.55. The van der Waals surface area contributed by atoms with Gasteiger partial charge in [-0.15, -0.1) is 0 Å². The predicted octanol–water partition coefficient (Wildman–Crippen LogP) is 2.05. The number of thiocarbonyl (C=S) groups is 1. The summed E-state index contributed by atoms with van der Waals surface area (Å²) in [5.74, 6) is 0.534. The molecule has 4 nitrogen and oxygen atoms in total. The molecular formula is C13H18N2O2S. The highest BCUT2D eigenvalue weighted by Crippen LogP contribution is 2.25. The molecule has 0 aliphatic heterocycles. The molecule has 1 heterocycles. The Hall–Kier alpha value is -1.20. The van der Waals surface area contributed by atoms with E-state index in [-0.39, 0.29) is 12.2 Å². The van der Waals surface area contributed by atoms with Crippen LogP contribution in [0, 0.1) is 0 Å². The topological polar surface area (TPSA) is 57.4 Å². The highest BCUT2D eigenvalue weighted by molar-refractivity contribution is 7.80. The normalized spacial score (nSPS) is 23.6. The van der Waals surface area contributed by atoms with Crippen molar-refractivity contribution in [3.05, 3.63) is 23.9 Å². The molecule has 0 radical (unpaired) electrons. The molecule has 5 heteroatoms. The molecule has 2 unspecified atom stereocenters. The van der Waals surface area contributed by atoms with Crippen molar-refractivity contribution in [3.63, 3.8) is 0 Å². The number of methoxy groups -OCH3 is 1. The number of pyridine rings is 1. The summed E-state index contributed by atoms with van der Waals surface area (Å²) in [6.45, 7) is 0. The lowest BCUT2D eigenvalue weighted by atomic mass is 9.95. The lowest BCUT2D eigenvalue weighted by molar-refractivity contribution is 0.0194. The Morgan fingerprint density at radius 2 is 2.22 bits per heavy atom. The molecule has 0 amide bonds. The Balaban J connectivity index is 2.07. The van der Waals surface area contributed by atoms with Gasteiger partial charge in [-0.2, -0.15) is 0 Å². The van der Waals surface area contributed by atoms with E-state index in [9.17, 15) is 0 Å². The summed E-state index contributed by atoms with van der Waals surface area (Å²) in [6.07, 6.45) is 6.22. The van der Waals surface area contributed by atoms with Gasteiger partial charge in [0.15, 0.2) is 0 Å². The van der Waals surface area contributed by atoms with Crippen molar-refractivity contribution in [2.45, 2.75) is 37.9 Å². The average molecular weight is 266 g/mol. The van der Waals surface area contributed by atoms with Gasteiger partial charge >= 0.3 is 0 Å². The fourth-order valence-electron chi connectivity index (χ4n) is 2.25. The van der Waals surface area contributed by atoms with Gasteiger partial charge in [0.25, 0.3) is 0 Å². The lowest BCUT2D eigenvalue weighted by Crippen LogP contribution is -2.30. The van der Waals surface area contributed by atoms with Crippen molar-refractivity contribution >= 4 is 17.2 Å². The maximum atomic E-state index is 5.92. The van der Waals surface area contributed by atoms with Crippen LogP contribution in [-0.2, 0) is 4.74 Å². The minimum absolute atomic E-state index is 0.131. The Kier molecular flexibility index (Phi) is 4.49. The van der Waals surface area contributed by atoms with E-state index in [2.05, 4.69) is 4.98 Å². The van der Waals surface area contributed by atoms with Crippen molar-refractivity contribution in [1.82, 2.24) is 4.98 Å². The van der Waals surface area contributed by atoms with Crippen LogP contribution in [0.15, 0.2) is 18.3 Å². The van der Waals surface area contributed by atoms with Crippen molar-refractivity contribution in [2.24, 2.45) is 5.73 Å². The summed E-state index contributed by atoms with van der Waals surface area (Å²) in [6, 6.07) is 3.64. The Morgan fingerprint density at radius 3 is 2.94 bits per heavy atom. The second kappa shape index (κ2) is 6.11. The zero-order valence-corrected chi connectivity index (χ0v) is 11.3. The van der Waals surface area contributed by atoms with Gasteiger partial charge in [0.1, 0.15) is 11.1 Å². The zero-order valence-electron chi connectivity index (χ0n) is 10.5. The summed E-state index contributed by atoms with van der Waals surface area (Å²) in [4.78, 5) is 4.53. The van der Waals surface area contributed by atoms with E-state index in [1.165, 1.54) is 0 Å². The van der Waals surface area contributed by atoms with E-state index in [0.29, 0.717) is 16.4 Å². The summed E-state index contributed by atoms with van der Waals surface area (Å²) >= 11 is 5.00. The minimum atomic E-state index is 0.131. The number of nitrogens with two attached hydrogens (primary N) is 1. The number of hydrogen-bond acceptors (Lipinski definition) is 4. The fourth-order valence-corrected chi connectivity index (χ4v) is 2.41. The summed E-state index contributed by atoms with van der Waals surface area (Å²) in [5, 5.41) is 0. The molecule has 0 spiro atoms. The van der Waals surface area contributed by atoms with E-state index in [4.69, 9.17) is 27.4 Å². The number of rotatable bonds is 4. The molecule has 18 heavy (non-hydrogen) atoms. The number of ether oxygens (including phenoxy) is 2. The van der Waals surface area contributed by atoms with Gasteiger partial charge in [-0.1, -0.05) is 12.2 Å². The minimum Gasteiger partial charge on any atom is -0.474 e. The molecule has 2 atom stereocenters. The first-order valence-electron chi connectivity index (χ1n) is 6.15. The van der Waals surface area contributed by atoms with Gasteiger partial charge in [-0.3, -0.25) is 0 Å². The molecule has 98 valence electrons. The van der Waals surface area contributed by atoms with E-state index in [0.717, 1.165) is 25.7 Å². The maximum Gasteiger partial charge on any atom is 0.223 e. The summed E-state index contributed by atoms with van der Waals surface area (Å²) < 4.78 is 11.3. The SMILES string of the molecule is COC1CCCC(Oc2ncccc2C(N)=S)C1. The highest BCUT2D eigenvalue weighted by Gasteiger charge is 2.24. The Bertz CT molecular complexity index is 425. The molecule has 1 aromatic heterocycles. The van der Waals surface area contributed by atoms with E-state index in [1.54, 1.807) is 19.4 Å². The van der Waals surface area contributed by atoms with Crippen molar-refractivity contribution in [3.8, 4) is 5.88 Å². The summed E-state index contributed by atoms with van der Waals surface area (Å²) in [7, 11) is 1.74. The molecule has 0 aromatic carbocycles. The van der Waals surface area contributed by atoms with Crippen molar-refractivity contribution in [2.75, 3.05) is 7.11 Å². The molecule has 1 aliphatic rings. The third-order valence-corrected chi connectivity index (χ3v) is 3.45. The first kappa shape index (κ1) is 13.2. The first-order chi connectivity index (χ1) is 8.70. The molecule has 1 fully saturated rings. The van der Waals surface area contributed by atoms with Crippen molar-refractivity contribution in [1.29, 1.82) is 0 Å². The number of aromatic nitrogens is 1. The third-order valence-electron chi connectivity index (χ3n) is 3.23. The third kappa shape index (κ3) is 3.17. The highest BCUT2D eigenvalue weighted by atomic mass is 32.1. The monoisotopic (exact) mass is 266 g/mol. The molecule has 2 N–H and O–H groups in total. The standard InChI is InChI=1S/C13H18N2O2S/c1-16-9-4-2-5-10(8-9)17-13-11(12(14)18)6-3-7-15-13/h3,6-7,9-10H,2,4-5,8H2,1H3,(H2,14,18). The molecule has 0 bridgehead atoms. The van der Waals surface area contributed by atoms with Crippen molar-refractivity contribution < 1.29 is 9.47 Å². The van der Waals surface area contributed by atoms with E-state index >= 15 is 0 Å². The maximum absolute atomic E-state index is 5.92. The average Bonchev–Trinajstić information content (AvgIpc) is 2.39. The molecule has 1 saturated carbocycles. The van der Waals surface area contributed by atoms with Crippen LogP contribution in [0.25, 0.3) is 0 Å². The van der Waals surface area contributed by atoms with E-state index < -0.39 is 0 Å². The Morgan fingerprint density at radius 1 is 1.44 bits per heavy atom. The van der Waals surface area contributed by atoms with Crippen LogP contribution in [-0.4, -0.2) is 29.3 Å². The van der Waals surface area contributed by atoms with Gasteiger partial charge in [-0.25, -0.2) is 4.98 Å². The van der Waals surface area contributed by atoms with Crippen LogP contribution < -0.4 is 10.5 Å². The van der Waals surface area contributed by atoms with Gasteiger partial charge in [0.2, 0.25) is 5.88 Å². The smallest absolute Gasteiger partial charge is 0.223 e. The molecule has 1 aromatic rings. The second-order valence-electron chi connectivity index (χ2n) is 4.48. The van der Waals surface area contributed by atoms with Crippen LogP contribution in [0.1, 0.15) is 31.2 Å². The van der Waals surface area contributed by atoms with Gasteiger partial charge < -0.3 is 15.2 Å². The molecule has 2 rings (SSSR count). The van der Waals surface area contributed by atoms with Gasteiger partial charge in [0.05, 0.1) is 11.7 Å². The van der Waals surface area contributed by atoms with Gasteiger partial charge in [-0.05, 0) is 31.4 Å². The fraction of sp³-hybridized carbons (Fsp3) is 0.538. The number of nitrogens with zero attached hydrogens (tertiary/aromatic N) is 1. The molecular weight excluding hydrogens is 248 g/mol. The lowest BCUT2D eigenvalue weighted by Gasteiger charge is -2.28. The van der Waals surface area contributed by atoms with Crippen LogP contribution >= 0.6 is 12.2 Å². The second-order valence-corrected chi connectivity index (χ2v) is 4.92. The van der Waals surface area contributed by atoms with Crippen LogP contribution in [0.2, 0.25) is 0 Å². The largest absolute Gasteiger partial charge is 0.474 e. The molecule has 1 aliphatic carbocycles. The quantitative estimate of drug-likeness (QED) is 0.845. The number of hydrogen-bond donors (Lipinski definition) is 1. The zero-order chi connectivity index (χ0) is 13.0. The van der Waals surface area contributed by atoms with Crippen LogP contribution in [0.4, 0.5) is 0 Å². The Labute approximate surface area is 112 Å². The van der Waals surface area contributed by atoms with Gasteiger partial charge in [0, 0.05) is 19.7 Å².